The Hall–Kier alpha value is -1.32. The lowest BCUT2D eigenvalue weighted by Crippen LogP contribution is -2.28. The van der Waals surface area contributed by atoms with Crippen LogP contribution in [-0.4, -0.2) is 9.55 Å². The Morgan fingerprint density at radius 1 is 1.33 bits per heavy atom. The molecular weight excluding hydrogens is 156 g/mol. The van der Waals surface area contributed by atoms with Gasteiger partial charge in [0.25, 0.3) is 5.56 Å². The summed E-state index contributed by atoms with van der Waals surface area (Å²) in [5.41, 5.74) is -0.0562. The minimum Gasteiger partial charge on any atom is -0.301 e. The first-order valence-electron chi connectivity index (χ1n) is 3.88. The van der Waals surface area contributed by atoms with Crippen LogP contribution in [0, 0.1) is 6.92 Å². The van der Waals surface area contributed by atoms with Crippen molar-refractivity contribution in [2.24, 2.45) is 7.05 Å². The Kier molecular flexibility index (Phi) is 4.04. The van der Waals surface area contributed by atoms with Crippen LogP contribution >= 0.6 is 0 Å². The fraction of sp³-hybridized carbons (Fsp3) is 0.500. The number of H-pyrrole nitrogens is 1. The van der Waals surface area contributed by atoms with E-state index >= 15 is 0 Å². The van der Waals surface area contributed by atoms with E-state index in [0.29, 0.717) is 5.69 Å². The van der Waals surface area contributed by atoms with Gasteiger partial charge in [-0.15, -0.1) is 0 Å². The normalized spacial score (nSPS) is 8.67. The van der Waals surface area contributed by atoms with E-state index in [1.165, 1.54) is 10.6 Å². The quantitative estimate of drug-likeness (QED) is 0.613. The van der Waals surface area contributed by atoms with E-state index in [1.807, 2.05) is 13.8 Å². The number of aromatic amines is 1. The van der Waals surface area contributed by atoms with E-state index in [-0.39, 0.29) is 11.2 Å². The number of aryl methyl sites for hydroxylation is 1. The van der Waals surface area contributed by atoms with Crippen LogP contribution in [0.25, 0.3) is 0 Å². The molecule has 0 unspecified atom stereocenters. The summed E-state index contributed by atoms with van der Waals surface area (Å²) in [6.07, 6.45) is 0. The van der Waals surface area contributed by atoms with Gasteiger partial charge in [0.1, 0.15) is 0 Å². The van der Waals surface area contributed by atoms with Crippen molar-refractivity contribution in [2.45, 2.75) is 20.8 Å². The molecule has 0 aliphatic heterocycles. The molecular formula is C8H14N2O2. The summed E-state index contributed by atoms with van der Waals surface area (Å²) in [5.74, 6) is 0. The summed E-state index contributed by atoms with van der Waals surface area (Å²) in [6, 6.07) is 1.38. The van der Waals surface area contributed by atoms with Crippen molar-refractivity contribution in [1.82, 2.24) is 9.55 Å². The van der Waals surface area contributed by atoms with E-state index in [9.17, 15) is 9.59 Å². The van der Waals surface area contributed by atoms with E-state index in [1.54, 1.807) is 14.0 Å². The summed E-state index contributed by atoms with van der Waals surface area (Å²) < 4.78 is 1.38. The minimum atomic E-state index is -0.370. The molecule has 1 heterocycles. The van der Waals surface area contributed by atoms with E-state index in [4.69, 9.17) is 0 Å². The predicted octanol–water partition coefficient (Wildman–Crippen LogP) is 0.408. The van der Waals surface area contributed by atoms with Gasteiger partial charge in [-0.05, 0) is 6.92 Å². The molecule has 4 heteroatoms. The Morgan fingerprint density at radius 2 is 1.83 bits per heavy atom. The lowest BCUT2D eigenvalue weighted by Gasteiger charge is -1.97. The molecule has 0 saturated heterocycles. The summed E-state index contributed by atoms with van der Waals surface area (Å²) in [4.78, 5) is 23.5. The molecule has 68 valence electrons. The van der Waals surface area contributed by atoms with Gasteiger partial charge in [-0.2, -0.15) is 0 Å². The second kappa shape index (κ2) is 4.54. The van der Waals surface area contributed by atoms with Gasteiger partial charge in [0.2, 0.25) is 0 Å². The molecule has 0 saturated carbocycles. The van der Waals surface area contributed by atoms with Crippen LogP contribution in [0.5, 0.6) is 0 Å². The molecule has 1 rings (SSSR count). The van der Waals surface area contributed by atoms with Crippen molar-refractivity contribution in [3.8, 4) is 0 Å². The van der Waals surface area contributed by atoms with Crippen LogP contribution in [0.15, 0.2) is 15.7 Å². The first kappa shape index (κ1) is 10.7. The Balaban J connectivity index is 0.000000561. The largest absolute Gasteiger partial charge is 0.328 e. The Morgan fingerprint density at radius 3 is 2.25 bits per heavy atom. The number of rotatable bonds is 0. The third kappa shape index (κ3) is 2.38. The number of nitrogens with one attached hydrogen (secondary N) is 1. The number of hydrogen-bond donors (Lipinski definition) is 1. The summed E-state index contributed by atoms with van der Waals surface area (Å²) >= 11 is 0. The topological polar surface area (TPSA) is 54.9 Å². The smallest absolute Gasteiger partial charge is 0.301 e. The zero-order chi connectivity index (χ0) is 9.72. The van der Waals surface area contributed by atoms with Gasteiger partial charge in [0.05, 0.1) is 0 Å². The lowest BCUT2D eigenvalue weighted by molar-refractivity contribution is 0.765. The molecule has 12 heavy (non-hydrogen) atoms. The molecule has 0 radical (unpaired) electrons. The number of aromatic nitrogens is 2. The molecule has 0 aliphatic carbocycles. The van der Waals surface area contributed by atoms with E-state index in [2.05, 4.69) is 4.98 Å². The zero-order valence-electron chi connectivity index (χ0n) is 7.84. The van der Waals surface area contributed by atoms with Crippen molar-refractivity contribution >= 4 is 0 Å². The van der Waals surface area contributed by atoms with Crippen molar-refractivity contribution in [3.05, 3.63) is 32.6 Å². The number of nitrogens with zero attached hydrogens (tertiary/aromatic N) is 1. The molecule has 0 aromatic carbocycles. The maximum atomic E-state index is 10.8. The highest BCUT2D eigenvalue weighted by molar-refractivity contribution is 4.96. The average Bonchev–Trinajstić information content (AvgIpc) is 2.04. The fourth-order valence-corrected chi connectivity index (χ4v) is 0.672. The molecule has 4 nitrogen and oxygen atoms in total. The second-order valence-electron chi connectivity index (χ2n) is 2.14. The molecule has 1 aromatic rings. The van der Waals surface area contributed by atoms with E-state index < -0.39 is 0 Å². The van der Waals surface area contributed by atoms with Crippen molar-refractivity contribution in [1.29, 1.82) is 0 Å². The van der Waals surface area contributed by atoms with Gasteiger partial charge in [-0.1, -0.05) is 13.8 Å². The van der Waals surface area contributed by atoms with Crippen LogP contribution in [-0.2, 0) is 7.05 Å². The molecule has 0 amide bonds. The van der Waals surface area contributed by atoms with Crippen LogP contribution in [0.2, 0.25) is 0 Å². The van der Waals surface area contributed by atoms with Gasteiger partial charge in [0, 0.05) is 18.8 Å². The third-order valence-corrected chi connectivity index (χ3v) is 1.40. The highest BCUT2D eigenvalue weighted by atomic mass is 16.2. The van der Waals surface area contributed by atoms with Crippen molar-refractivity contribution in [2.75, 3.05) is 0 Å². The first-order chi connectivity index (χ1) is 5.61. The maximum Gasteiger partial charge on any atom is 0.328 e. The maximum absolute atomic E-state index is 10.8. The van der Waals surface area contributed by atoms with Crippen molar-refractivity contribution < 1.29 is 0 Å². The van der Waals surface area contributed by atoms with Gasteiger partial charge >= 0.3 is 5.69 Å². The van der Waals surface area contributed by atoms with Crippen LogP contribution in [0.1, 0.15) is 19.5 Å². The lowest BCUT2D eigenvalue weighted by atomic mass is 10.4. The zero-order valence-corrected chi connectivity index (χ0v) is 7.84. The van der Waals surface area contributed by atoms with E-state index in [0.717, 1.165) is 0 Å². The minimum absolute atomic E-state index is 0.347. The monoisotopic (exact) mass is 170 g/mol. The molecule has 1 aromatic heterocycles. The van der Waals surface area contributed by atoms with Crippen molar-refractivity contribution in [3.63, 3.8) is 0 Å². The summed E-state index contributed by atoms with van der Waals surface area (Å²) in [7, 11) is 1.60. The number of hydrogen-bond acceptors (Lipinski definition) is 2. The molecule has 0 bridgehead atoms. The summed E-state index contributed by atoms with van der Waals surface area (Å²) in [6.45, 7) is 5.70. The summed E-state index contributed by atoms with van der Waals surface area (Å²) in [5, 5.41) is 0. The molecule has 0 aliphatic rings. The third-order valence-electron chi connectivity index (χ3n) is 1.40. The molecule has 1 N–H and O–H groups in total. The molecule has 0 fully saturated rings. The van der Waals surface area contributed by atoms with Crippen LogP contribution in [0.3, 0.4) is 0 Å². The Labute approximate surface area is 70.9 Å². The SMILES string of the molecule is CC.Cc1cc(=O)[nH]c(=O)n1C. The van der Waals surface area contributed by atoms with Gasteiger partial charge in [-0.3, -0.25) is 9.78 Å². The van der Waals surface area contributed by atoms with Gasteiger partial charge in [0.15, 0.2) is 0 Å². The standard InChI is InChI=1S/C6H8N2O2.C2H6/c1-4-3-5(9)7-6(10)8(4)2;1-2/h3H,1-2H3,(H,7,9,10);1-2H3. The van der Waals surface area contributed by atoms with Crippen LogP contribution in [0.4, 0.5) is 0 Å². The molecule has 0 spiro atoms. The fourth-order valence-electron chi connectivity index (χ4n) is 0.672. The highest BCUT2D eigenvalue weighted by Gasteiger charge is 1.93. The van der Waals surface area contributed by atoms with Gasteiger partial charge in [-0.25, -0.2) is 4.79 Å². The molecule has 0 atom stereocenters. The van der Waals surface area contributed by atoms with Crippen LogP contribution < -0.4 is 11.2 Å². The Bertz CT molecular complexity index is 349. The first-order valence-corrected chi connectivity index (χ1v) is 3.88. The van der Waals surface area contributed by atoms with Gasteiger partial charge < -0.3 is 4.57 Å². The second-order valence-corrected chi connectivity index (χ2v) is 2.14. The predicted molar refractivity (Wildman–Crippen MR) is 48.4 cm³/mol. The highest BCUT2D eigenvalue weighted by Crippen LogP contribution is 1.81. The average molecular weight is 170 g/mol.